The van der Waals surface area contributed by atoms with Gasteiger partial charge >= 0.3 is 0 Å². The Morgan fingerprint density at radius 1 is 1.09 bits per heavy atom. The van der Waals surface area contributed by atoms with Crippen LogP contribution in [0.15, 0.2) is 47.8 Å². The number of carbonyl (C=O) groups is 1. The van der Waals surface area contributed by atoms with Crippen LogP contribution in [-0.4, -0.2) is 41.3 Å². The molecule has 0 unspecified atom stereocenters. The maximum atomic E-state index is 12.5. The van der Waals surface area contributed by atoms with Gasteiger partial charge < -0.3 is 14.2 Å². The normalized spacial score (nSPS) is 10.8. The second-order valence-corrected chi connectivity index (χ2v) is 7.75. The van der Waals surface area contributed by atoms with E-state index in [-0.39, 0.29) is 11.9 Å². The average Bonchev–Trinajstić information content (AvgIpc) is 3.38. The number of hydrogen-bond donors (Lipinski definition) is 1. The third kappa shape index (κ3) is 4.52. The lowest BCUT2D eigenvalue weighted by molar-refractivity contribution is -0.116. The Balaban J connectivity index is 1.44. The standard InChI is InChI=1S/C23H24N4O4S/c1-4-31-19-11-9-15(13-20(19)30-3)10-12-21(28)24-22-25-23-27(26-22)17(14-32-23)16-7-5-6-8-18(16)29-2/h5-9,11,13-14H,4,10,12H2,1-3H3,(H,24,26,28). The summed E-state index contributed by atoms with van der Waals surface area (Å²) in [7, 11) is 3.24. The lowest BCUT2D eigenvalue weighted by Crippen LogP contribution is -2.13. The number of nitrogens with zero attached hydrogens (tertiary/aromatic N) is 3. The molecule has 4 rings (SSSR count). The van der Waals surface area contributed by atoms with E-state index in [9.17, 15) is 4.79 Å². The number of aromatic nitrogens is 3. The topological polar surface area (TPSA) is 87.0 Å². The number of anilines is 1. The molecule has 1 N–H and O–H groups in total. The molecule has 0 bridgehead atoms. The predicted octanol–water partition coefficient (Wildman–Crippen LogP) is 4.45. The fourth-order valence-corrected chi connectivity index (χ4v) is 4.19. The SMILES string of the molecule is CCOc1ccc(CCC(=O)Nc2nc3scc(-c4ccccc4OC)n3n2)cc1OC. The molecule has 8 nitrogen and oxygen atoms in total. The molecular formula is C23H24N4O4S. The molecule has 4 aromatic rings. The molecule has 2 heterocycles. The summed E-state index contributed by atoms with van der Waals surface area (Å²) < 4.78 is 18.1. The Morgan fingerprint density at radius 2 is 1.91 bits per heavy atom. The first-order chi connectivity index (χ1) is 15.6. The lowest BCUT2D eigenvalue weighted by Gasteiger charge is -2.10. The summed E-state index contributed by atoms with van der Waals surface area (Å²) >= 11 is 1.45. The summed E-state index contributed by atoms with van der Waals surface area (Å²) in [6, 6.07) is 13.4. The first-order valence-electron chi connectivity index (χ1n) is 10.2. The highest BCUT2D eigenvalue weighted by molar-refractivity contribution is 7.15. The van der Waals surface area contributed by atoms with E-state index in [0.717, 1.165) is 22.6 Å². The van der Waals surface area contributed by atoms with Crippen molar-refractivity contribution in [1.29, 1.82) is 0 Å². The van der Waals surface area contributed by atoms with Crippen molar-refractivity contribution in [3.05, 3.63) is 53.4 Å². The van der Waals surface area contributed by atoms with Crippen molar-refractivity contribution in [1.82, 2.24) is 14.6 Å². The van der Waals surface area contributed by atoms with Crippen molar-refractivity contribution in [3.63, 3.8) is 0 Å². The van der Waals surface area contributed by atoms with Gasteiger partial charge in [0.2, 0.25) is 16.8 Å². The van der Waals surface area contributed by atoms with E-state index in [4.69, 9.17) is 14.2 Å². The van der Waals surface area contributed by atoms with Gasteiger partial charge in [-0.15, -0.1) is 16.4 Å². The molecule has 166 valence electrons. The molecular weight excluding hydrogens is 428 g/mol. The summed E-state index contributed by atoms with van der Waals surface area (Å²) in [5.41, 5.74) is 2.75. The molecule has 0 aliphatic carbocycles. The zero-order valence-corrected chi connectivity index (χ0v) is 18.9. The molecule has 0 atom stereocenters. The number of thiazole rings is 1. The Labute approximate surface area is 189 Å². The molecule has 2 aromatic carbocycles. The highest BCUT2D eigenvalue weighted by atomic mass is 32.1. The molecule has 1 amide bonds. The minimum absolute atomic E-state index is 0.157. The van der Waals surface area contributed by atoms with Crippen molar-refractivity contribution in [3.8, 4) is 28.5 Å². The van der Waals surface area contributed by atoms with Crippen molar-refractivity contribution < 1.29 is 19.0 Å². The zero-order valence-electron chi connectivity index (χ0n) is 18.1. The molecule has 9 heteroatoms. The third-order valence-electron chi connectivity index (χ3n) is 4.88. The number of amides is 1. The van der Waals surface area contributed by atoms with E-state index in [2.05, 4.69) is 15.4 Å². The first kappa shape index (κ1) is 21.6. The largest absolute Gasteiger partial charge is 0.496 e. The van der Waals surface area contributed by atoms with E-state index in [1.807, 2.05) is 54.8 Å². The van der Waals surface area contributed by atoms with Gasteiger partial charge in [0, 0.05) is 17.4 Å². The molecule has 0 aliphatic heterocycles. The molecule has 2 aromatic heterocycles. The molecule has 0 fully saturated rings. The predicted molar refractivity (Wildman–Crippen MR) is 124 cm³/mol. The second-order valence-electron chi connectivity index (χ2n) is 6.92. The number of ether oxygens (including phenoxy) is 3. The smallest absolute Gasteiger partial charge is 0.250 e. The monoisotopic (exact) mass is 452 g/mol. The van der Waals surface area contributed by atoms with Gasteiger partial charge in [-0.1, -0.05) is 18.2 Å². The summed E-state index contributed by atoms with van der Waals surface area (Å²) in [6.07, 6.45) is 0.854. The highest BCUT2D eigenvalue weighted by Gasteiger charge is 2.16. The van der Waals surface area contributed by atoms with Crippen LogP contribution in [0, 0.1) is 0 Å². The van der Waals surface area contributed by atoms with Gasteiger partial charge in [-0.2, -0.15) is 4.98 Å². The van der Waals surface area contributed by atoms with Gasteiger partial charge in [0.05, 0.1) is 26.5 Å². The first-order valence-corrected chi connectivity index (χ1v) is 11.1. The fourth-order valence-electron chi connectivity index (χ4n) is 3.36. The number of rotatable bonds is 9. The van der Waals surface area contributed by atoms with E-state index in [1.54, 1.807) is 18.7 Å². The van der Waals surface area contributed by atoms with Gasteiger partial charge in [-0.25, -0.2) is 4.52 Å². The third-order valence-corrected chi connectivity index (χ3v) is 5.70. The van der Waals surface area contributed by atoms with Gasteiger partial charge in [0.25, 0.3) is 0 Å². The van der Waals surface area contributed by atoms with E-state index >= 15 is 0 Å². The fraction of sp³-hybridized carbons (Fsp3) is 0.261. The number of methoxy groups -OCH3 is 2. The molecule has 0 aliphatic rings. The second kappa shape index (κ2) is 9.69. The molecule has 32 heavy (non-hydrogen) atoms. The van der Waals surface area contributed by atoms with E-state index < -0.39 is 0 Å². The highest BCUT2D eigenvalue weighted by Crippen LogP contribution is 2.32. The van der Waals surface area contributed by atoms with Crippen molar-refractivity contribution >= 4 is 28.2 Å². The van der Waals surface area contributed by atoms with Gasteiger partial charge in [-0.05, 0) is 43.2 Å². The van der Waals surface area contributed by atoms with Crippen molar-refractivity contribution in [2.75, 3.05) is 26.1 Å². The van der Waals surface area contributed by atoms with Crippen LogP contribution >= 0.6 is 11.3 Å². The minimum atomic E-state index is -0.157. The van der Waals surface area contributed by atoms with Crippen LogP contribution in [0.4, 0.5) is 5.95 Å². The van der Waals surface area contributed by atoms with Crippen LogP contribution in [-0.2, 0) is 11.2 Å². The number of benzene rings is 2. The van der Waals surface area contributed by atoms with E-state index in [0.29, 0.717) is 35.9 Å². The van der Waals surface area contributed by atoms with Crippen LogP contribution in [0.25, 0.3) is 16.2 Å². The number of aryl methyl sites for hydroxylation is 1. The molecule has 0 saturated carbocycles. The quantitative estimate of drug-likeness (QED) is 0.404. The van der Waals surface area contributed by atoms with Crippen molar-refractivity contribution in [2.45, 2.75) is 19.8 Å². The summed E-state index contributed by atoms with van der Waals surface area (Å²) in [5.74, 6) is 2.22. The summed E-state index contributed by atoms with van der Waals surface area (Å²) in [6.45, 7) is 2.48. The van der Waals surface area contributed by atoms with Gasteiger partial charge in [0.15, 0.2) is 11.5 Å². The summed E-state index contributed by atoms with van der Waals surface area (Å²) in [5, 5.41) is 9.23. The summed E-state index contributed by atoms with van der Waals surface area (Å²) in [4.78, 5) is 17.6. The number of nitrogens with one attached hydrogen (secondary N) is 1. The minimum Gasteiger partial charge on any atom is -0.496 e. The maximum absolute atomic E-state index is 12.5. The number of carbonyl (C=O) groups excluding carboxylic acids is 1. The Kier molecular flexibility index (Phi) is 6.55. The Bertz CT molecular complexity index is 1230. The zero-order chi connectivity index (χ0) is 22.5. The van der Waals surface area contributed by atoms with Crippen LogP contribution in [0.1, 0.15) is 18.9 Å². The van der Waals surface area contributed by atoms with Crippen molar-refractivity contribution in [2.24, 2.45) is 0 Å². The molecule has 0 radical (unpaired) electrons. The lowest BCUT2D eigenvalue weighted by atomic mass is 10.1. The number of para-hydroxylation sites is 1. The van der Waals surface area contributed by atoms with Gasteiger partial charge in [-0.3, -0.25) is 10.1 Å². The number of hydrogen-bond acceptors (Lipinski definition) is 7. The number of fused-ring (bicyclic) bond motifs is 1. The Hall–Kier alpha value is -3.59. The maximum Gasteiger partial charge on any atom is 0.250 e. The Morgan fingerprint density at radius 3 is 2.69 bits per heavy atom. The molecule has 0 spiro atoms. The molecule has 0 saturated heterocycles. The van der Waals surface area contributed by atoms with Gasteiger partial charge in [0.1, 0.15) is 5.75 Å². The van der Waals surface area contributed by atoms with Crippen LogP contribution in [0.3, 0.4) is 0 Å². The van der Waals surface area contributed by atoms with Crippen LogP contribution in [0.2, 0.25) is 0 Å². The van der Waals surface area contributed by atoms with Crippen LogP contribution < -0.4 is 19.5 Å². The van der Waals surface area contributed by atoms with Crippen LogP contribution in [0.5, 0.6) is 17.2 Å². The average molecular weight is 453 g/mol. The van der Waals surface area contributed by atoms with E-state index in [1.165, 1.54) is 11.3 Å².